The number of benzene rings is 1. The standard InChI is InChI=1S/C16H15N5OS/c17-11-3-5-12(6-4-11)23-15-8-7-14-18-13(9-21(14)20-15)19-16(22)10-1-2-10/h3-10H,1-2,17H2,(H,19,22). The highest BCUT2D eigenvalue weighted by Crippen LogP contribution is 2.30. The molecule has 1 amide bonds. The van der Waals surface area contributed by atoms with Crippen LogP contribution >= 0.6 is 11.8 Å². The number of anilines is 2. The lowest BCUT2D eigenvalue weighted by molar-refractivity contribution is -0.117. The third kappa shape index (κ3) is 3.14. The van der Waals surface area contributed by atoms with Crippen LogP contribution in [-0.2, 0) is 4.79 Å². The van der Waals surface area contributed by atoms with Crippen molar-refractivity contribution in [2.75, 3.05) is 11.1 Å². The van der Waals surface area contributed by atoms with Crippen LogP contribution in [0.1, 0.15) is 12.8 Å². The number of carbonyl (C=O) groups excluding carboxylic acids is 1. The Bertz CT molecular complexity index is 870. The molecule has 7 heteroatoms. The molecule has 6 nitrogen and oxygen atoms in total. The first-order valence-corrected chi connectivity index (χ1v) is 8.20. The molecule has 3 aromatic rings. The quantitative estimate of drug-likeness (QED) is 0.721. The number of hydrogen-bond donors (Lipinski definition) is 2. The number of nitrogens with two attached hydrogens (primary N) is 1. The summed E-state index contributed by atoms with van der Waals surface area (Å²) in [7, 11) is 0. The molecule has 1 fully saturated rings. The average Bonchev–Trinajstić information content (AvgIpc) is 3.31. The summed E-state index contributed by atoms with van der Waals surface area (Å²) in [5, 5.41) is 8.20. The lowest BCUT2D eigenvalue weighted by Gasteiger charge is -2.01. The van der Waals surface area contributed by atoms with Crippen LogP contribution in [0.2, 0.25) is 0 Å². The number of nitrogen functional groups attached to an aromatic ring is 1. The van der Waals surface area contributed by atoms with E-state index in [1.54, 1.807) is 22.5 Å². The van der Waals surface area contributed by atoms with Gasteiger partial charge in [0.05, 0.1) is 6.20 Å². The summed E-state index contributed by atoms with van der Waals surface area (Å²) in [6.45, 7) is 0. The Balaban J connectivity index is 1.54. The molecule has 2 heterocycles. The predicted octanol–water partition coefficient (Wildman–Crippen LogP) is 2.81. The highest BCUT2D eigenvalue weighted by molar-refractivity contribution is 7.99. The zero-order valence-corrected chi connectivity index (χ0v) is 13.1. The second-order valence-electron chi connectivity index (χ2n) is 5.54. The van der Waals surface area contributed by atoms with Crippen LogP contribution in [0.4, 0.5) is 11.5 Å². The fourth-order valence-electron chi connectivity index (χ4n) is 2.21. The normalized spacial score (nSPS) is 14.1. The van der Waals surface area contributed by atoms with Crippen LogP contribution in [0.5, 0.6) is 0 Å². The van der Waals surface area contributed by atoms with E-state index >= 15 is 0 Å². The van der Waals surface area contributed by atoms with E-state index in [0.717, 1.165) is 28.5 Å². The van der Waals surface area contributed by atoms with Crippen LogP contribution in [0.3, 0.4) is 0 Å². The third-order valence-electron chi connectivity index (χ3n) is 3.60. The molecule has 3 N–H and O–H groups in total. The van der Waals surface area contributed by atoms with E-state index in [0.29, 0.717) is 11.5 Å². The van der Waals surface area contributed by atoms with Gasteiger partial charge in [-0.2, -0.15) is 5.10 Å². The number of imidazole rings is 1. The van der Waals surface area contributed by atoms with Crippen molar-refractivity contribution in [1.29, 1.82) is 0 Å². The van der Waals surface area contributed by atoms with Gasteiger partial charge in [0, 0.05) is 16.5 Å². The number of rotatable bonds is 4. The van der Waals surface area contributed by atoms with Gasteiger partial charge in [0.25, 0.3) is 0 Å². The van der Waals surface area contributed by atoms with Gasteiger partial charge in [-0.15, -0.1) is 0 Å². The maximum atomic E-state index is 11.8. The molecule has 0 saturated heterocycles. The first kappa shape index (κ1) is 14.1. The molecule has 0 bridgehead atoms. The second kappa shape index (κ2) is 5.58. The van der Waals surface area contributed by atoms with Crippen LogP contribution in [0.25, 0.3) is 5.65 Å². The summed E-state index contributed by atoms with van der Waals surface area (Å²) in [5.74, 6) is 0.748. The number of fused-ring (bicyclic) bond motifs is 1. The molecular formula is C16H15N5OS. The maximum Gasteiger partial charge on any atom is 0.228 e. The zero-order chi connectivity index (χ0) is 15.8. The molecule has 0 spiro atoms. The van der Waals surface area contributed by atoms with Gasteiger partial charge in [0.2, 0.25) is 5.91 Å². The van der Waals surface area contributed by atoms with Crippen molar-refractivity contribution < 1.29 is 4.79 Å². The largest absolute Gasteiger partial charge is 0.399 e. The lowest BCUT2D eigenvalue weighted by atomic mass is 10.3. The van der Waals surface area contributed by atoms with E-state index in [1.165, 1.54) is 0 Å². The fourth-order valence-corrected chi connectivity index (χ4v) is 2.99. The van der Waals surface area contributed by atoms with Gasteiger partial charge in [-0.3, -0.25) is 4.79 Å². The highest BCUT2D eigenvalue weighted by Gasteiger charge is 2.30. The van der Waals surface area contributed by atoms with Gasteiger partial charge in [0.1, 0.15) is 5.03 Å². The molecule has 1 aromatic carbocycles. The Morgan fingerprint density at radius 3 is 2.74 bits per heavy atom. The van der Waals surface area contributed by atoms with Crippen molar-refractivity contribution in [2.45, 2.75) is 22.8 Å². The van der Waals surface area contributed by atoms with E-state index in [9.17, 15) is 4.79 Å². The topological polar surface area (TPSA) is 85.3 Å². The Kier molecular flexibility index (Phi) is 3.42. The van der Waals surface area contributed by atoms with E-state index < -0.39 is 0 Å². The molecule has 4 rings (SSSR count). The summed E-state index contributed by atoms with van der Waals surface area (Å²) in [5.41, 5.74) is 7.14. The van der Waals surface area contributed by atoms with Crippen LogP contribution < -0.4 is 11.1 Å². The highest BCUT2D eigenvalue weighted by atomic mass is 32.2. The minimum Gasteiger partial charge on any atom is -0.399 e. The Morgan fingerprint density at radius 1 is 1.22 bits per heavy atom. The zero-order valence-electron chi connectivity index (χ0n) is 12.3. The number of carbonyl (C=O) groups is 1. The molecule has 23 heavy (non-hydrogen) atoms. The van der Waals surface area contributed by atoms with E-state index in [1.807, 2.05) is 36.4 Å². The predicted molar refractivity (Wildman–Crippen MR) is 89.3 cm³/mol. The van der Waals surface area contributed by atoms with Crippen molar-refractivity contribution in [3.63, 3.8) is 0 Å². The maximum absolute atomic E-state index is 11.8. The molecule has 1 saturated carbocycles. The van der Waals surface area contributed by atoms with Crippen molar-refractivity contribution in [3.05, 3.63) is 42.6 Å². The number of nitrogens with one attached hydrogen (secondary N) is 1. The molecule has 0 radical (unpaired) electrons. The van der Waals surface area contributed by atoms with Crippen molar-refractivity contribution in [1.82, 2.24) is 14.6 Å². The number of amides is 1. The van der Waals surface area contributed by atoms with Crippen molar-refractivity contribution in [2.24, 2.45) is 5.92 Å². The first-order valence-electron chi connectivity index (χ1n) is 7.38. The monoisotopic (exact) mass is 325 g/mol. The molecular weight excluding hydrogens is 310 g/mol. The van der Waals surface area contributed by atoms with Crippen LogP contribution in [-0.4, -0.2) is 20.5 Å². The summed E-state index contributed by atoms with van der Waals surface area (Å²) < 4.78 is 1.68. The lowest BCUT2D eigenvalue weighted by Crippen LogP contribution is -2.13. The Hall–Kier alpha value is -2.54. The first-order chi connectivity index (χ1) is 11.2. The second-order valence-corrected chi connectivity index (χ2v) is 6.63. The average molecular weight is 325 g/mol. The molecule has 116 valence electrons. The van der Waals surface area contributed by atoms with E-state index in [4.69, 9.17) is 5.73 Å². The van der Waals surface area contributed by atoms with Gasteiger partial charge in [-0.25, -0.2) is 9.50 Å². The van der Waals surface area contributed by atoms with Gasteiger partial charge in [-0.1, -0.05) is 11.8 Å². The summed E-state index contributed by atoms with van der Waals surface area (Å²) in [4.78, 5) is 17.2. The van der Waals surface area contributed by atoms with Crippen molar-refractivity contribution >= 4 is 34.8 Å². The van der Waals surface area contributed by atoms with E-state index in [-0.39, 0.29) is 11.8 Å². The van der Waals surface area contributed by atoms with E-state index in [2.05, 4.69) is 15.4 Å². The third-order valence-corrected chi connectivity index (χ3v) is 4.53. The van der Waals surface area contributed by atoms with Gasteiger partial charge in [0.15, 0.2) is 11.5 Å². The smallest absolute Gasteiger partial charge is 0.228 e. The molecule has 1 aliphatic carbocycles. The number of hydrogen-bond acceptors (Lipinski definition) is 5. The summed E-state index contributed by atoms with van der Waals surface area (Å²) >= 11 is 1.55. The van der Waals surface area contributed by atoms with Gasteiger partial charge >= 0.3 is 0 Å². The minimum absolute atomic E-state index is 0.0462. The minimum atomic E-state index is 0.0462. The number of nitrogens with zero attached hydrogens (tertiary/aromatic N) is 3. The van der Waals surface area contributed by atoms with Gasteiger partial charge in [-0.05, 0) is 49.2 Å². The van der Waals surface area contributed by atoms with Crippen LogP contribution in [0, 0.1) is 5.92 Å². The fraction of sp³-hybridized carbons (Fsp3) is 0.188. The Morgan fingerprint density at radius 2 is 2.00 bits per heavy atom. The summed E-state index contributed by atoms with van der Waals surface area (Å²) in [6, 6.07) is 11.4. The van der Waals surface area contributed by atoms with Crippen LogP contribution in [0.15, 0.2) is 52.5 Å². The molecule has 1 aliphatic rings. The molecule has 0 unspecified atom stereocenters. The molecule has 0 atom stereocenters. The van der Waals surface area contributed by atoms with Crippen molar-refractivity contribution in [3.8, 4) is 0 Å². The SMILES string of the molecule is Nc1ccc(Sc2ccc3nc(NC(=O)C4CC4)cn3n2)cc1. The van der Waals surface area contributed by atoms with Gasteiger partial charge < -0.3 is 11.1 Å². The number of aromatic nitrogens is 3. The molecule has 2 aromatic heterocycles. The molecule has 0 aliphatic heterocycles. The summed E-state index contributed by atoms with van der Waals surface area (Å²) in [6.07, 6.45) is 3.68. The Labute approximate surface area is 137 Å².